The highest BCUT2D eigenvalue weighted by Gasteiger charge is 2.31. The van der Waals surface area contributed by atoms with Crippen LogP contribution < -0.4 is 10.5 Å². The van der Waals surface area contributed by atoms with Gasteiger partial charge in [-0.2, -0.15) is 0 Å². The molecular weight excluding hydrogens is 334 g/mol. The number of carbonyl (C=O) groups excluding carboxylic acids is 1. The number of allylic oxidation sites excluding steroid dienone is 1. The first-order valence-electron chi connectivity index (χ1n) is 8.19. The minimum atomic E-state index is -3.45. The van der Waals surface area contributed by atoms with Crippen LogP contribution in [0.4, 0.5) is 0 Å². The second kappa shape index (κ2) is 5.52. The van der Waals surface area contributed by atoms with Crippen molar-refractivity contribution in [2.75, 3.05) is 0 Å². The number of aromatic nitrogens is 2. The van der Waals surface area contributed by atoms with E-state index in [4.69, 9.17) is 0 Å². The molecule has 25 heavy (non-hydrogen) atoms. The second-order valence-electron chi connectivity index (χ2n) is 6.64. The summed E-state index contributed by atoms with van der Waals surface area (Å²) in [4.78, 5) is 37.2. The minimum absolute atomic E-state index is 0.112. The Kier molecular flexibility index (Phi) is 3.53. The van der Waals surface area contributed by atoms with Gasteiger partial charge in [-0.05, 0) is 42.8 Å². The van der Waals surface area contributed by atoms with Gasteiger partial charge in [0.15, 0.2) is 0 Å². The molecule has 0 radical (unpaired) electrons. The van der Waals surface area contributed by atoms with Crippen LogP contribution in [0.3, 0.4) is 0 Å². The zero-order valence-corrected chi connectivity index (χ0v) is 14.9. The summed E-state index contributed by atoms with van der Waals surface area (Å²) in [6.07, 6.45) is 3.04. The Morgan fingerprint density at radius 1 is 1.32 bits per heavy atom. The zero-order valence-electron chi connectivity index (χ0n) is 13.9. The van der Waals surface area contributed by atoms with E-state index in [2.05, 4.69) is 16.9 Å². The third-order valence-corrected chi connectivity index (χ3v) is 6.15. The Hall–Kier alpha value is -2.48. The summed E-state index contributed by atoms with van der Waals surface area (Å²) in [7, 11) is -3.45. The lowest BCUT2D eigenvalue weighted by Gasteiger charge is -2.26. The fourth-order valence-electron chi connectivity index (χ4n) is 3.49. The van der Waals surface area contributed by atoms with Crippen LogP contribution in [0.25, 0.3) is 21.9 Å². The number of hydrogen-bond acceptors (Lipinski definition) is 4. The van der Waals surface area contributed by atoms with Gasteiger partial charge in [0.25, 0.3) is 0 Å². The van der Waals surface area contributed by atoms with Crippen molar-refractivity contribution in [1.82, 2.24) is 14.9 Å². The van der Waals surface area contributed by atoms with Crippen LogP contribution in [0.2, 0.25) is 6.55 Å². The molecule has 1 aliphatic rings. The summed E-state index contributed by atoms with van der Waals surface area (Å²) in [5.74, 6) is -0.112. The van der Waals surface area contributed by atoms with E-state index in [0.29, 0.717) is 18.0 Å². The van der Waals surface area contributed by atoms with Crippen LogP contribution in [0.15, 0.2) is 48.8 Å². The average Bonchev–Trinajstić information content (AvgIpc) is 2.88. The van der Waals surface area contributed by atoms with E-state index in [1.807, 2.05) is 22.8 Å². The van der Waals surface area contributed by atoms with Crippen LogP contribution >= 0.6 is 0 Å². The molecule has 0 spiro atoms. The Morgan fingerprint density at radius 2 is 2.12 bits per heavy atom. The monoisotopic (exact) mass is 353 g/mol. The van der Waals surface area contributed by atoms with Crippen molar-refractivity contribution < 1.29 is 14.4 Å². The molecule has 1 aliphatic heterocycles. The zero-order chi connectivity index (χ0) is 17.8. The van der Waals surface area contributed by atoms with Crippen molar-refractivity contribution in [2.45, 2.75) is 25.4 Å². The smallest absolute Gasteiger partial charge is 0.363 e. The third kappa shape index (κ3) is 2.57. The number of benzene rings is 1. The van der Waals surface area contributed by atoms with E-state index >= 15 is 0 Å². The minimum Gasteiger partial charge on any atom is -0.408 e. The summed E-state index contributed by atoms with van der Waals surface area (Å²) < 4.78 is 1.91. The summed E-state index contributed by atoms with van der Waals surface area (Å²) in [6, 6.07) is 8.83. The number of rotatable bonds is 2. The lowest BCUT2D eigenvalue weighted by Crippen LogP contribution is -2.45. The molecule has 4 rings (SSSR count). The van der Waals surface area contributed by atoms with E-state index in [0.717, 1.165) is 27.6 Å². The normalized spacial score (nSPS) is 18.8. The van der Waals surface area contributed by atoms with E-state index in [1.165, 1.54) is 6.55 Å². The van der Waals surface area contributed by atoms with Crippen LogP contribution in [0, 0.1) is 0 Å². The molecule has 1 fully saturated rings. The third-order valence-electron chi connectivity index (χ3n) is 4.74. The van der Waals surface area contributed by atoms with Gasteiger partial charge in [-0.15, -0.1) is 0 Å². The van der Waals surface area contributed by atoms with Gasteiger partial charge in [0.1, 0.15) is 11.7 Å². The van der Waals surface area contributed by atoms with Crippen LogP contribution in [0.1, 0.15) is 18.9 Å². The summed E-state index contributed by atoms with van der Waals surface area (Å²) in [6.45, 7) is 5.29. The first-order valence-corrected chi connectivity index (χ1v) is 10.6. The number of pyridine rings is 1. The van der Waals surface area contributed by atoms with Gasteiger partial charge in [-0.1, -0.05) is 18.7 Å². The molecule has 3 N–H and O–H groups in total. The SMILES string of the molecule is C=C1CCC(n2c3cc([Si](C)(O)O)ccc3c3cccnc32)C(=O)N1. The van der Waals surface area contributed by atoms with Gasteiger partial charge in [0.05, 0.1) is 5.52 Å². The van der Waals surface area contributed by atoms with Crippen LogP contribution in [0.5, 0.6) is 0 Å². The molecular formula is C18H19N3O3Si. The maximum atomic E-state index is 12.6. The maximum Gasteiger partial charge on any atom is 0.363 e. The van der Waals surface area contributed by atoms with Gasteiger partial charge in [0.2, 0.25) is 5.91 Å². The maximum absolute atomic E-state index is 12.6. The van der Waals surface area contributed by atoms with E-state index in [1.54, 1.807) is 18.3 Å². The molecule has 1 unspecified atom stereocenters. The molecule has 6 nitrogen and oxygen atoms in total. The van der Waals surface area contributed by atoms with Crippen LogP contribution in [-0.4, -0.2) is 33.6 Å². The molecule has 1 saturated heterocycles. The van der Waals surface area contributed by atoms with Gasteiger partial charge < -0.3 is 19.5 Å². The molecule has 1 aromatic carbocycles. The molecule has 1 amide bonds. The number of hydrogen-bond donors (Lipinski definition) is 3. The average molecular weight is 353 g/mol. The molecule has 0 aliphatic carbocycles. The molecule has 7 heteroatoms. The summed E-state index contributed by atoms with van der Waals surface area (Å²) in [5, 5.41) is 5.22. The van der Waals surface area contributed by atoms with Crippen LogP contribution in [-0.2, 0) is 4.79 Å². The Morgan fingerprint density at radius 3 is 2.84 bits per heavy atom. The number of fused-ring (bicyclic) bond motifs is 3. The van der Waals surface area contributed by atoms with Crippen molar-refractivity contribution in [1.29, 1.82) is 0 Å². The topological polar surface area (TPSA) is 87.4 Å². The molecule has 0 bridgehead atoms. The Labute approximate surface area is 145 Å². The van der Waals surface area contributed by atoms with E-state index in [-0.39, 0.29) is 5.91 Å². The first-order chi connectivity index (χ1) is 11.9. The highest BCUT2D eigenvalue weighted by Crippen LogP contribution is 2.33. The number of nitrogens with one attached hydrogen (secondary N) is 1. The predicted octanol–water partition coefficient (Wildman–Crippen LogP) is 1.42. The summed E-state index contributed by atoms with van der Waals surface area (Å²) in [5.41, 5.74) is 2.24. The number of piperidine rings is 1. The quantitative estimate of drug-likeness (QED) is 0.608. The fraction of sp³-hybridized carbons (Fsp3) is 0.222. The predicted molar refractivity (Wildman–Crippen MR) is 98.5 cm³/mol. The number of carbonyl (C=O) groups is 1. The molecule has 0 saturated carbocycles. The molecule has 1 atom stereocenters. The lowest BCUT2D eigenvalue weighted by atomic mass is 10.0. The molecule has 3 aromatic rings. The highest BCUT2D eigenvalue weighted by atomic mass is 28.4. The van der Waals surface area contributed by atoms with Gasteiger partial charge >= 0.3 is 8.56 Å². The standard InChI is InChI=1S/C18H19N3O3Si/c1-11-5-8-15(18(22)20-11)21-16-10-12(25(2,23)24)6-7-13(16)14-4-3-9-19-17(14)21/h3-4,6-7,9-10,15,23-24H,1,5,8H2,2H3,(H,20,22). The number of amides is 1. The first kappa shape index (κ1) is 16.0. The highest BCUT2D eigenvalue weighted by molar-refractivity contribution is 6.77. The van der Waals surface area contributed by atoms with Crippen molar-refractivity contribution >= 4 is 41.6 Å². The van der Waals surface area contributed by atoms with Gasteiger partial charge in [-0.25, -0.2) is 4.98 Å². The fourth-order valence-corrected chi connectivity index (χ4v) is 4.30. The molecule has 128 valence electrons. The number of nitrogens with zero attached hydrogens (tertiary/aromatic N) is 2. The van der Waals surface area contributed by atoms with E-state index < -0.39 is 14.6 Å². The second-order valence-corrected chi connectivity index (χ2v) is 9.26. The largest absolute Gasteiger partial charge is 0.408 e. The van der Waals surface area contributed by atoms with Gasteiger partial charge in [0, 0.05) is 22.7 Å². The van der Waals surface area contributed by atoms with Crippen molar-refractivity contribution in [3.63, 3.8) is 0 Å². The van der Waals surface area contributed by atoms with E-state index in [9.17, 15) is 14.4 Å². The van der Waals surface area contributed by atoms with Crippen molar-refractivity contribution in [3.05, 3.63) is 48.8 Å². The lowest BCUT2D eigenvalue weighted by molar-refractivity contribution is -0.124. The summed E-state index contributed by atoms with van der Waals surface area (Å²) >= 11 is 0. The van der Waals surface area contributed by atoms with Gasteiger partial charge in [-0.3, -0.25) is 4.79 Å². The van der Waals surface area contributed by atoms with Crippen molar-refractivity contribution in [3.8, 4) is 0 Å². The molecule has 3 heterocycles. The molecule has 2 aromatic heterocycles. The Bertz CT molecular complexity index is 1020. The Balaban J connectivity index is 2.02. The van der Waals surface area contributed by atoms with Crippen molar-refractivity contribution in [2.24, 2.45) is 0 Å².